The number of piperazine rings is 1. The standard InChI is InChI=1S/C37H40F2N8O4S/c1-19(48)8-45-9-20-2-3-21(10-45)47(20)34-28-24-12-49-11-23(24)26(30-27-22(6-40)33(41)52-32(27)25(38)7-42-30)29(39)31(28)43-35(44-34)51-18-36(4-5-36)13-46-14-37(15-46)16-50-17-37/h7,19-21,48H,2-5,8-18,41H2,1H3/t19-,20?,21?/m1/s1. The van der Waals surface area contributed by atoms with Crippen LogP contribution in [0.25, 0.3) is 32.2 Å². The van der Waals surface area contributed by atoms with E-state index in [4.69, 9.17) is 29.9 Å². The number of hydrogen-bond donors (Lipinski definition) is 2. The van der Waals surface area contributed by atoms with Crippen molar-refractivity contribution in [1.82, 2.24) is 24.8 Å². The topological polar surface area (TPSA) is 146 Å². The van der Waals surface area contributed by atoms with Gasteiger partial charge in [-0.25, -0.2) is 8.78 Å². The first-order chi connectivity index (χ1) is 25.1. The van der Waals surface area contributed by atoms with Crippen LogP contribution in [0.15, 0.2) is 6.20 Å². The number of aliphatic hydroxyl groups excluding tert-OH is 1. The fraction of sp³-hybridized carbons (Fsp3) is 0.568. The fourth-order valence-electron chi connectivity index (χ4n) is 9.54. The third-order valence-electron chi connectivity index (χ3n) is 12.1. The molecule has 4 aromatic rings. The number of hydrogen-bond acceptors (Lipinski definition) is 13. The van der Waals surface area contributed by atoms with Crippen molar-refractivity contribution in [2.24, 2.45) is 10.8 Å². The van der Waals surface area contributed by atoms with Crippen LogP contribution in [-0.2, 0) is 22.7 Å². The van der Waals surface area contributed by atoms with Crippen LogP contribution >= 0.6 is 11.3 Å². The van der Waals surface area contributed by atoms with E-state index < -0.39 is 17.7 Å². The molecule has 4 saturated heterocycles. The molecule has 1 spiro atoms. The third-order valence-corrected chi connectivity index (χ3v) is 13.1. The van der Waals surface area contributed by atoms with Crippen LogP contribution in [0, 0.1) is 33.8 Å². The number of aromatic nitrogens is 3. The lowest BCUT2D eigenvalue weighted by Gasteiger charge is -2.55. The van der Waals surface area contributed by atoms with Gasteiger partial charge in [-0.05, 0) is 43.7 Å². The van der Waals surface area contributed by atoms with Crippen LogP contribution in [0.2, 0.25) is 0 Å². The van der Waals surface area contributed by atoms with Gasteiger partial charge in [-0.15, -0.1) is 11.3 Å². The summed E-state index contributed by atoms with van der Waals surface area (Å²) in [6.45, 7) is 9.35. The zero-order valence-electron chi connectivity index (χ0n) is 29.0. The Morgan fingerprint density at radius 1 is 1.10 bits per heavy atom. The molecule has 272 valence electrons. The van der Waals surface area contributed by atoms with Crippen LogP contribution in [-0.4, -0.2) is 107 Å². The number of ether oxygens (including phenoxy) is 3. The highest BCUT2D eigenvalue weighted by atomic mass is 32.1. The van der Waals surface area contributed by atoms with Gasteiger partial charge in [-0.3, -0.25) is 9.88 Å². The summed E-state index contributed by atoms with van der Waals surface area (Å²) in [4.78, 5) is 21.4. The molecule has 10 rings (SSSR count). The van der Waals surface area contributed by atoms with E-state index in [0.717, 1.165) is 94.7 Å². The number of nitrogens with zero attached hydrogens (tertiary/aromatic N) is 7. The van der Waals surface area contributed by atoms with Gasteiger partial charge in [-0.2, -0.15) is 15.2 Å². The monoisotopic (exact) mass is 730 g/mol. The summed E-state index contributed by atoms with van der Waals surface area (Å²) >= 11 is 0.950. The summed E-state index contributed by atoms with van der Waals surface area (Å²) < 4.78 is 50.7. The summed E-state index contributed by atoms with van der Waals surface area (Å²) in [7, 11) is 0. The quantitative estimate of drug-likeness (QED) is 0.255. The number of nitrogen functional groups attached to an aromatic ring is 1. The SMILES string of the molecule is C[C@@H](O)CN1CC2CCC(C1)N2c1nc(OCC2(CN3CC4(COC4)C3)CC2)nc2c(F)c(-c3ncc(F)c4sc(N)c(C#N)c34)c3c(c12)COC3. The number of halogens is 2. The number of anilines is 2. The third kappa shape index (κ3) is 5.09. The maximum Gasteiger partial charge on any atom is 0.319 e. The molecule has 2 bridgehead atoms. The average molecular weight is 731 g/mol. The molecule has 1 aliphatic carbocycles. The van der Waals surface area contributed by atoms with Crippen molar-refractivity contribution < 1.29 is 28.1 Å². The Balaban J connectivity index is 1.09. The van der Waals surface area contributed by atoms with Gasteiger partial charge in [-0.1, -0.05) is 0 Å². The predicted molar refractivity (Wildman–Crippen MR) is 190 cm³/mol. The van der Waals surface area contributed by atoms with Crippen molar-refractivity contribution >= 4 is 43.1 Å². The van der Waals surface area contributed by atoms with Gasteiger partial charge in [0.2, 0.25) is 0 Å². The highest BCUT2D eigenvalue weighted by molar-refractivity contribution is 7.23. The van der Waals surface area contributed by atoms with Crippen molar-refractivity contribution in [2.45, 2.75) is 64.0 Å². The molecule has 8 heterocycles. The first-order valence-electron chi connectivity index (χ1n) is 18.2. The molecule has 1 aromatic carbocycles. The van der Waals surface area contributed by atoms with E-state index in [9.17, 15) is 10.4 Å². The van der Waals surface area contributed by atoms with Crippen molar-refractivity contribution in [1.29, 1.82) is 5.26 Å². The molecule has 52 heavy (non-hydrogen) atoms. The van der Waals surface area contributed by atoms with Crippen molar-refractivity contribution in [3.05, 3.63) is 34.5 Å². The molecule has 5 aliphatic heterocycles. The van der Waals surface area contributed by atoms with E-state index in [1.54, 1.807) is 0 Å². The van der Waals surface area contributed by atoms with E-state index in [1.165, 1.54) is 0 Å². The van der Waals surface area contributed by atoms with Crippen LogP contribution in [0.3, 0.4) is 0 Å². The Hall–Kier alpha value is -3.78. The van der Waals surface area contributed by atoms with Gasteiger partial charge >= 0.3 is 6.01 Å². The zero-order valence-corrected chi connectivity index (χ0v) is 29.8. The fourth-order valence-corrected chi connectivity index (χ4v) is 10.5. The predicted octanol–water partition coefficient (Wildman–Crippen LogP) is 4.19. The van der Waals surface area contributed by atoms with Gasteiger partial charge in [0.05, 0.1) is 66.7 Å². The number of nitriles is 1. The Bertz CT molecular complexity index is 2160. The average Bonchev–Trinajstić information content (AvgIpc) is 3.37. The first-order valence-corrected chi connectivity index (χ1v) is 19.0. The van der Waals surface area contributed by atoms with E-state index >= 15 is 8.78 Å². The highest BCUT2D eigenvalue weighted by Crippen LogP contribution is 2.51. The van der Waals surface area contributed by atoms with Crippen LogP contribution in [0.1, 0.15) is 49.3 Å². The molecule has 15 heteroatoms. The molecule has 3 aromatic heterocycles. The van der Waals surface area contributed by atoms with Crippen LogP contribution < -0.4 is 15.4 Å². The molecular formula is C37H40F2N8O4S. The lowest BCUT2D eigenvalue weighted by molar-refractivity contribution is -0.192. The Morgan fingerprint density at radius 2 is 1.85 bits per heavy atom. The Labute approximate surface area is 303 Å². The highest BCUT2D eigenvalue weighted by Gasteiger charge is 2.53. The van der Waals surface area contributed by atoms with E-state index in [2.05, 4.69) is 25.8 Å². The number of likely N-dealkylation sites (tertiary alicyclic amines) is 2. The molecule has 0 radical (unpaired) electrons. The molecule has 12 nitrogen and oxygen atoms in total. The minimum absolute atomic E-state index is 0.00201. The van der Waals surface area contributed by atoms with Crippen molar-refractivity contribution in [3.63, 3.8) is 0 Å². The molecule has 6 aliphatic rings. The van der Waals surface area contributed by atoms with Crippen LogP contribution in [0.5, 0.6) is 6.01 Å². The molecule has 2 unspecified atom stereocenters. The van der Waals surface area contributed by atoms with Gasteiger partial charge in [0.15, 0.2) is 11.6 Å². The van der Waals surface area contributed by atoms with Gasteiger partial charge in [0.25, 0.3) is 0 Å². The number of aliphatic hydroxyl groups is 1. The van der Waals surface area contributed by atoms with E-state index in [-0.39, 0.29) is 74.1 Å². The number of nitrogens with two attached hydrogens (primary N) is 1. The number of pyridine rings is 1. The minimum Gasteiger partial charge on any atom is -0.463 e. The van der Waals surface area contributed by atoms with E-state index in [1.807, 2.05) is 6.92 Å². The number of benzene rings is 1. The molecule has 0 amide bonds. The number of thiophene rings is 1. The Kier molecular flexibility index (Phi) is 7.49. The van der Waals surface area contributed by atoms with Crippen molar-refractivity contribution in [2.75, 3.05) is 69.7 Å². The largest absolute Gasteiger partial charge is 0.463 e. The second-order valence-electron chi connectivity index (χ2n) is 16.1. The normalized spacial score (nSPS) is 24.9. The summed E-state index contributed by atoms with van der Waals surface area (Å²) in [5.74, 6) is -0.637. The molecular weight excluding hydrogens is 691 g/mol. The number of rotatable bonds is 9. The summed E-state index contributed by atoms with van der Waals surface area (Å²) in [5.41, 5.74) is 8.26. The second-order valence-corrected chi connectivity index (χ2v) is 17.1. The van der Waals surface area contributed by atoms with Gasteiger partial charge < -0.3 is 34.9 Å². The van der Waals surface area contributed by atoms with E-state index in [0.29, 0.717) is 35.3 Å². The van der Waals surface area contributed by atoms with Crippen molar-refractivity contribution in [3.8, 4) is 23.3 Å². The number of fused-ring (bicyclic) bond motifs is 6. The molecule has 1 saturated carbocycles. The minimum atomic E-state index is -0.642. The summed E-state index contributed by atoms with van der Waals surface area (Å²) in [6.07, 6.45) is 4.59. The van der Waals surface area contributed by atoms with Crippen LogP contribution in [0.4, 0.5) is 19.6 Å². The maximum atomic E-state index is 17.5. The lowest BCUT2D eigenvalue weighted by Crippen LogP contribution is -2.66. The lowest BCUT2D eigenvalue weighted by atomic mass is 9.77. The molecule has 3 N–H and O–H groups in total. The first kappa shape index (κ1) is 32.8. The van der Waals surface area contributed by atoms with Gasteiger partial charge in [0.1, 0.15) is 22.4 Å². The smallest absolute Gasteiger partial charge is 0.319 e. The second kappa shape index (κ2) is 11.9. The zero-order chi connectivity index (χ0) is 35.5. The Morgan fingerprint density at radius 3 is 2.52 bits per heavy atom. The maximum absolute atomic E-state index is 17.5. The molecule has 5 fully saturated rings. The van der Waals surface area contributed by atoms with Gasteiger partial charge in [0, 0.05) is 73.1 Å². The molecule has 3 atom stereocenters. The number of β-amino-alcohol motifs (C(OH)–C–C–N with tert-alkyl or cyclic N) is 1. The summed E-state index contributed by atoms with van der Waals surface area (Å²) in [5, 5.41) is 21.1. The summed E-state index contributed by atoms with van der Waals surface area (Å²) in [6, 6.07) is 2.42.